The van der Waals surface area contributed by atoms with E-state index in [9.17, 15) is 0 Å². The predicted molar refractivity (Wildman–Crippen MR) is 33.7 cm³/mol. The Morgan fingerprint density at radius 2 is 2.38 bits per heavy atom. The second kappa shape index (κ2) is 6.21. The lowest BCUT2D eigenvalue weighted by atomic mass is 10.6. The molecule has 0 aliphatic rings. The highest BCUT2D eigenvalue weighted by molar-refractivity contribution is 5.37. The third kappa shape index (κ3) is 5.21. The fourth-order valence-electron chi connectivity index (χ4n) is 0.283. The Morgan fingerprint density at radius 1 is 1.62 bits per heavy atom. The number of rotatable bonds is 3. The van der Waals surface area contributed by atoms with Gasteiger partial charge in [0.25, 0.3) is 0 Å². The molecule has 2 nitrogen and oxygen atoms in total. The lowest BCUT2D eigenvalue weighted by molar-refractivity contribution is -0.424. The van der Waals surface area contributed by atoms with Gasteiger partial charge in [-0.1, -0.05) is 12.2 Å². The molecule has 0 bridgehead atoms. The predicted octanol–water partition coefficient (Wildman–Crippen LogP) is -0.682. The van der Waals surface area contributed by atoms with Crippen molar-refractivity contribution >= 4 is 6.40 Å². The molecule has 0 aliphatic heterocycles. The maximum absolute atomic E-state index is 4.90. The summed E-state index contributed by atoms with van der Waals surface area (Å²) in [5.41, 5.74) is 0. The second-order valence-corrected chi connectivity index (χ2v) is 1.31. The van der Waals surface area contributed by atoms with Gasteiger partial charge in [0.05, 0.1) is 0 Å². The normalized spacial score (nSPS) is 11.2. The van der Waals surface area contributed by atoms with Crippen molar-refractivity contribution in [1.82, 2.24) is 0 Å². The van der Waals surface area contributed by atoms with Crippen molar-refractivity contribution in [3.05, 3.63) is 12.2 Å². The van der Waals surface area contributed by atoms with Crippen molar-refractivity contribution in [1.29, 1.82) is 0 Å². The van der Waals surface area contributed by atoms with Gasteiger partial charge >= 0.3 is 6.40 Å². The van der Waals surface area contributed by atoms with Crippen LogP contribution in [0.1, 0.15) is 6.92 Å². The van der Waals surface area contributed by atoms with E-state index in [-0.39, 0.29) is 0 Å². The van der Waals surface area contributed by atoms with Crippen molar-refractivity contribution < 1.29 is 9.73 Å². The van der Waals surface area contributed by atoms with Crippen LogP contribution in [0.3, 0.4) is 0 Å². The maximum Gasteiger partial charge on any atom is 0.322 e. The monoisotopic (exact) mass is 114 g/mol. The molecule has 0 unspecified atom stereocenters. The molecule has 0 amide bonds. The molecule has 0 rings (SSSR count). The van der Waals surface area contributed by atoms with E-state index in [1.165, 1.54) is 0 Å². The van der Waals surface area contributed by atoms with Crippen LogP contribution < -0.4 is 4.99 Å². The molecule has 0 radical (unpaired) electrons. The quantitative estimate of drug-likeness (QED) is 0.223. The Bertz CT molecular complexity index is 74.5. The van der Waals surface area contributed by atoms with Gasteiger partial charge in [0.1, 0.15) is 13.7 Å². The van der Waals surface area contributed by atoms with Crippen molar-refractivity contribution in [3.63, 3.8) is 0 Å². The van der Waals surface area contributed by atoms with Crippen molar-refractivity contribution in [2.75, 3.05) is 13.7 Å². The Hall–Kier alpha value is -0.790. The summed E-state index contributed by atoms with van der Waals surface area (Å²) in [5.74, 6) is 0. The highest BCUT2D eigenvalue weighted by atomic mass is 16.5. The first-order valence-electron chi connectivity index (χ1n) is 2.63. The molecule has 1 N–H and O–H groups in total. The molecule has 0 spiro atoms. The summed E-state index contributed by atoms with van der Waals surface area (Å²) in [6.07, 6.45) is 5.44. The van der Waals surface area contributed by atoms with Gasteiger partial charge in [-0.15, -0.1) is 0 Å². The molecule has 8 heavy (non-hydrogen) atoms. The number of hydrogen-bond acceptors (Lipinski definition) is 1. The van der Waals surface area contributed by atoms with Crippen molar-refractivity contribution in [2.24, 2.45) is 0 Å². The Kier molecular flexibility index (Phi) is 5.60. The summed E-state index contributed by atoms with van der Waals surface area (Å²) in [6.45, 7) is 2.61. The van der Waals surface area contributed by atoms with E-state index in [0.29, 0.717) is 6.61 Å². The Balaban J connectivity index is 2.93. The number of hydrogen-bond donors (Lipinski definition) is 1. The summed E-state index contributed by atoms with van der Waals surface area (Å²) in [4.78, 5) is 2.75. The standard InChI is InChI=1S/C6H11NO/c1-3-4-5-8-6-7-2/h3-4,6H,5H2,1-2H3/p+1/b4-3+,7-6?. The van der Waals surface area contributed by atoms with E-state index in [4.69, 9.17) is 4.74 Å². The van der Waals surface area contributed by atoms with Gasteiger partial charge in [-0.3, -0.25) is 0 Å². The zero-order valence-electron chi connectivity index (χ0n) is 5.35. The minimum absolute atomic E-state index is 0.650. The Labute approximate surface area is 49.9 Å². The first kappa shape index (κ1) is 7.21. The summed E-state index contributed by atoms with van der Waals surface area (Å²) in [7, 11) is 1.80. The van der Waals surface area contributed by atoms with E-state index in [0.717, 1.165) is 0 Å². The van der Waals surface area contributed by atoms with Gasteiger partial charge in [0.2, 0.25) is 0 Å². The molecule has 46 valence electrons. The van der Waals surface area contributed by atoms with Crippen LogP contribution in [0.5, 0.6) is 0 Å². The number of ether oxygens (including phenoxy) is 1. The molecule has 0 heterocycles. The lowest BCUT2D eigenvalue weighted by Crippen LogP contribution is -2.63. The summed E-state index contributed by atoms with van der Waals surface area (Å²) >= 11 is 0. The molecule has 0 saturated carbocycles. The van der Waals surface area contributed by atoms with Crippen LogP contribution in [0.2, 0.25) is 0 Å². The molecular weight excluding hydrogens is 102 g/mol. The van der Waals surface area contributed by atoms with E-state index < -0.39 is 0 Å². The van der Waals surface area contributed by atoms with Crippen LogP contribution >= 0.6 is 0 Å². The fraction of sp³-hybridized carbons (Fsp3) is 0.500. The third-order valence-electron chi connectivity index (χ3n) is 0.629. The van der Waals surface area contributed by atoms with Gasteiger partial charge in [-0.25, -0.2) is 4.99 Å². The second-order valence-electron chi connectivity index (χ2n) is 1.31. The highest BCUT2D eigenvalue weighted by Gasteiger charge is 1.71. The number of allylic oxidation sites excluding steroid dienone is 1. The van der Waals surface area contributed by atoms with Gasteiger partial charge in [-0.2, -0.15) is 0 Å². The molecule has 0 aromatic carbocycles. The first-order chi connectivity index (χ1) is 3.91. The molecule has 0 atom stereocenters. The average Bonchev–Trinajstić information content (AvgIpc) is 1.81. The minimum atomic E-state index is 0.650. The molecular formula is C6H12NO+. The molecule has 0 aromatic heterocycles. The van der Waals surface area contributed by atoms with E-state index in [2.05, 4.69) is 4.99 Å². The zero-order chi connectivity index (χ0) is 6.24. The highest BCUT2D eigenvalue weighted by Crippen LogP contribution is 1.68. The van der Waals surface area contributed by atoms with Gasteiger partial charge in [0, 0.05) is 0 Å². The summed E-state index contributed by atoms with van der Waals surface area (Å²) in [5, 5.41) is 0. The average molecular weight is 114 g/mol. The largest absolute Gasteiger partial charge is 0.446 e. The molecule has 0 fully saturated rings. The van der Waals surface area contributed by atoms with Crippen LogP contribution in [-0.2, 0) is 4.74 Å². The van der Waals surface area contributed by atoms with Crippen LogP contribution in [0, 0.1) is 0 Å². The molecule has 0 aromatic rings. The molecule has 2 heteroatoms. The Morgan fingerprint density at radius 3 is 2.88 bits per heavy atom. The van der Waals surface area contributed by atoms with E-state index in [1.807, 2.05) is 19.1 Å². The summed E-state index contributed by atoms with van der Waals surface area (Å²) < 4.78 is 4.90. The van der Waals surface area contributed by atoms with Crippen molar-refractivity contribution in [2.45, 2.75) is 6.92 Å². The SMILES string of the molecule is C/C=C/COC=[NH+]C. The van der Waals surface area contributed by atoms with Gasteiger partial charge < -0.3 is 4.74 Å². The fourth-order valence-corrected chi connectivity index (χ4v) is 0.283. The van der Waals surface area contributed by atoms with Crippen LogP contribution in [0.15, 0.2) is 12.2 Å². The van der Waals surface area contributed by atoms with Crippen LogP contribution in [-0.4, -0.2) is 20.1 Å². The van der Waals surface area contributed by atoms with E-state index >= 15 is 0 Å². The third-order valence-corrected chi connectivity index (χ3v) is 0.629. The minimum Gasteiger partial charge on any atom is -0.446 e. The lowest BCUT2D eigenvalue weighted by Gasteiger charge is -1.84. The molecule has 0 saturated heterocycles. The summed E-state index contributed by atoms with van der Waals surface area (Å²) in [6, 6.07) is 0. The smallest absolute Gasteiger partial charge is 0.322 e. The van der Waals surface area contributed by atoms with Crippen LogP contribution in [0.25, 0.3) is 0 Å². The zero-order valence-corrected chi connectivity index (χ0v) is 5.35. The van der Waals surface area contributed by atoms with Gasteiger partial charge in [-0.05, 0) is 6.92 Å². The first-order valence-corrected chi connectivity index (χ1v) is 2.63. The topological polar surface area (TPSA) is 23.2 Å². The van der Waals surface area contributed by atoms with Gasteiger partial charge in [0.15, 0.2) is 0 Å². The maximum atomic E-state index is 4.90. The van der Waals surface area contributed by atoms with Crippen LogP contribution in [0.4, 0.5) is 0 Å². The van der Waals surface area contributed by atoms with Crippen molar-refractivity contribution in [3.8, 4) is 0 Å². The molecule has 0 aliphatic carbocycles. The van der Waals surface area contributed by atoms with E-state index in [1.54, 1.807) is 13.4 Å². The number of nitrogens with one attached hydrogen (secondary N) is 1.